The van der Waals surface area contributed by atoms with Crippen molar-refractivity contribution in [3.63, 3.8) is 0 Å². The van der Waals surface area contributed by atoms with E-state index in [-0.39, 0.29) is 5.71 Å². The zero-order valence-corrected chi connectivity index (χ0v) is 13.8. The highest BCUT2D eigenvalue weighted by Gasteiger charge is 2.22. The van der Waals surface area contributed by atoms with E-state index in [1.165, 1.54) is 0 Å². The molecule has 1 atom stereocenters. The standard InChI is InChI=1S/C18H21FN6/c19-14-5-8-25(12-14)18-2-1-13(10-24-18)17(21)9-15(20)11-23-16-3-6-22-7-4-16/h1-4,6-7,9-10,14,21H,5,8,11-12,20H2,(H,22,23)/b15-9-,21-17?/t14-/m0/s1. The first kappa shape index (κ1) is 16.9. The number of rotatable bonds is 6. The van der Waals surface area contributed by atoms with E-state index in [1.54, 1.807) is 24.7 Å². The molecule has 0 radical (unpaired) electrons. The molecule has 1 aliphatic rings. The lowest BCUT2D eigenvalue weighted by atomic mass is 10.1. The molecule has 130 valence electrons. The molecule has 2 aromatic heterocycles. The molecule has 0 amide bonds. The van der Waals surface area contributed by atoms with Crippen molar-refractivity contribution in [1.29, 1.82) is 5.41 Å². The largest absolute Gasteiger partial charge is 0.401 e. The average Bonchev–Trinajstić information content (AvgIpc) is 3.07. The van der Waals surface area contributed by atoms with Crippen LogP contribution in [0.25, 0.3) is 0 Å². The van der Waals surface area contributed by atoms with Gasteiger partial charge in [0.05, 0.1) is 18.8 Å². The first-order valence-electron chi connectivity index (χ1n) is 8.16. The molecular weight excluding hydrogens is 319 g/mol. The molecule has 0 aromatic carbocycles. The Hall–Kier alpha value is -2.96. The van der Waals surface area contributed by atoms with Gasteiger partial charge in [0.25, 0.3) is 0 Å². The van der Waals surface area contributed by atoms with E-state index in [2.05, 4.69) is 15.3 Å². The van der Waals surface area contributed by atoms with E-state index in [1.807, 2.05) is 29.2 Å². The Morgan fingerprint density at radius 2 is 2.16 bits per heavy atom. The van der Waals surface area contributed by atoms with E-state index in [0.29, 0.717) is 37.3 Å². The zero-order chi connectivity index (χ0) is 17.6. The van der Waals surface area contributed by atoms with Crippen molar-refractivity contribution in [2.24, 2.45) is 5.73 Å². The third-order valence-corrected chi connectivity index (χ3v) is 4.02. The lowest BCUT2D eigenvalue weighted by Gasteiger charge is -2.16. The third-order valence-electron chi connectivity index (χ3n) is 4.02. The number of anilines is 2. The van der Waals surface area contributed by atoms with Gasteiger partial charge in [-0.1, -0.05) is 0 Å². The Kier molecular flexibility index (Phi) is 5.23. The summed E-state index contributed by atoms with van der Waals surface area (Å²) in [5.74, 6) is 0.744. The number of pyridine rings is 2. The molecule has 1 saturated heterocycles. The van der Waals surface area contributed by atoms with Crippen LogP contribution in [-0.2, 0) is 0 Å². The summed E-state index contributed by atoms with van der Waals surface area (Å²) in [5, 5.41) is 11.3. The second kappa shape index (κ2) is 7.74. The fourth-order valence-corrected chi connectivity index (χ4v) is 2.65. The molecule has 3 heterocycles. The number of nitrogens with two attached hydrogens (primary N) is 1. The lowest BCUT2D eigenvalue weighted by Crippen LogP contribution is -2.21. The Morgan fingerprint density at radius 3 is 2.80 bits per heavy atom. The Morgan fingerprint density at radius 1 is 1.36 bits per heavy atom. The summed E-state index contributed by atoms with van der Waals surface area (Å²) in [6.45, 7) is 1.50. The van der Waals surface area contributed by atoms with Gasteiger partial charge in [-0.3, -0.25) is 4.98 Å². The van der Waals surface area contributed by atoms with Gasteiger partial charge in [0, 0.05) is 42.1 Å². The van der Waals surface area contributed by atoms with Crippen LogP contribution in [0.3, 0.4) is 0 Å². The molecule has 0 aliphatic carbocycles. The normalized spacial score (nSPS) is 17.6. The molecular formula is C18H21FN6. The summed E-state index contributed by atoms with van der Waals surface area (Å²) in [6.07, 6.45) is 6.40. The van der Waals surface area contributed by atoms with Gasteiger partial charge < -0.3 is 21.4 Å². The molecule has 0 unspecified atom stereocenters. The van der Waals surface area contributed by atoms with Gasteiger partial charge in [-0.25, -0.2) is 9.37 Å². The van der Waals surface area contributed by atoms with Crippen LogP contribution < -0.4 is 16.0 Å². The van der Waals surface area contributed by atoms with Crippen LogP contribution in [0.1, 0.15) is 12.0 Å². The second-order valence-corrected chi connectivity index (χ2v) is 5.96. The zero-order valence-electron chi connectivity index (χ0n) is 13.8. The SMILES string of the molecule is N=C(/C=C(\N)CNc1ccncc1)c1ccc(N2CC[C@H](F)C2)nc1. The summed E-state index contributed by atoms with van der Waals surface area (Å²) in [7, 11) is 0. The van der Waals surface area contributed by atoms with E-state index < -0.39 is 6.17 Å². The molecule has 4 N–H and O–H groups in total. The average molecular weight is 340 g/mol. The third kappa shape index (κ3) is 4.53. The highest BCUT2D eigenvalue weighted by atomic mass is 19.1. The number of allylic oxidation sites excluding steroid dienone is 1. The predicted molar refractivity (Wildman–Crippen MR) is 97.8 cm³/mol. The highest BCUT2D eigenvalue weighted by Crippen LogP contribution is 2.20. The molecule has 0 bridgehead atoms. The van der Waals surface area contributed by atoms with Crippen LogP contribution in [0.4, 0.5) is 15.9 Å². The predicted octanol–water partition coefficient (Wildman–Crippen LogP) is 2.35. The molecule has 2 aromatic rings. The van der Waals surface area contributed by atoms with Gasteiger partial charge in [-0.2, -0.15) is 0 Å². The first-order chi connectivity index (χ1) is 12.1. The van der Waals surface area contributed by atoms with Crippen molar-refractivity contribution in [3.8, 4) is 0 Å². The first-order valence-corrected chi connectivity index (χ1v) is 8.16. The van der Waals surface area contributed by atoms with E-state index in [9.17, 15) is 4.39 Å². The van der Waals surface area contributed by atoms with Crippen LogP contribution in [-0.4, -0.2) is 41.5 Å². The van der Waals surface area contributed by atoms with Gasteiger partial charge >= 0.3 is 0 Å². The number of nitrogens with zero attached hydrogens (tertiary/aromatic N) is 3. The van der Waals surface area contributed by atoms with Gasteiger partial charge in [0.15, 0.2) is 0 Å². The van der Waals surface area contributed by atoms with Crippen molar-refractivity contribution in [2.45, 2.75) is 12.6 Å². The van der Waals surface area contributed by atoms with Crippen molar-refractivity contribution in [3.05, 3.63) is 60.2 Å². The maximum Gasteiger partial charge on any atom is 0.128 e. The minimum atomic E-state index is -0.782. The summed E-state index contributed by atoms with van der Waals surface area (Å²) in [4.78, 5) is 10.2. The molecule has 1 fully saturated rings. The minimum Gasteiger partial charge on any atom is -0.401 e. The summed E-state index contributed by atoms with van der Waals surface area (Å²) in [5.41, 5.74) is 8.40. The van der Waals surface area contributed by atoms with Gasteiger partial charge in [-0.05, 0) is 36.8 Å². The quantitative estimate of drug-likeness (QED) is 0.702. The number of halogens is 1. The summed E-state index contributed by atoms with van der Waals surface area (Å²) < 4.78 is 13.3. The lowest BCUT2D eigenvalue weighted by molar-refractivity contribution is 0.364. The number of nitrogens with one attached hydrogen (secondary N) is 2. The van der Waals surface area contributed by atoms with Crippen LogP contribution in [0.5, 0.6) is 0 Å². The monoisotopic (exact) mass is 340 g/mol. The number of aromatic nitrogens is 2. The fraction of sp³-hybridized carbons (Fsp3) is 0.278. The van der Waals surface area contributed by atoms with Gasteiger partial charge in [-0.15, -0.1) is 0 Å². The molecule has 0 spiro atoms. The Balaban J connectivity index is 1.58. The van der Waals surface area contributed by atoms with Crippen molar-refractivity contribution >= 4 is 17.2 Å². The molecule has 1 aliphatic heterocycles. The van der Waals surface area contributed by atoms with Crippen LogP contribution in [0, 0.1) is 5.41 Å². The van der Waals surface area contributed by atoms with Crippen molar-refractivity contribution in [2.75, 3.05) is 29.9 Å². The maximum atomic E-state index is 13.3. The number of alkyl halides is 1. The molecule has 0 saturated carbocycles. The van der Waals surface area contributed by atoms with E-state index in [0.717, 1.165) is 11.5 Å². The van der Waals surface area contributed by atoms with Gasteiger partial charge in [0.1, 0.15) is 12.0 Å². The summed E-state index contributed by atoms with van der Waals surface area (Å²) >= 11 is 0. The van der Waals surface area contributed by atoms with E-state index >= 15 is 0 Å². The molecule has 7 heteroatoms. The van der Waals surface area contributed by atoms with Crippen molar-refractivity contribution in [1.82, 2.24) is 9.97 Å². The summed E-state index contributed by atoms with van der Waals surface area (Å²) in [6, 6.07) is 7.33. The second-order valence-electron chi connectivity index (χ2n) is 5.96. The smallest absolute Gasteiger partial charge is 0.128 e. The highest BCUT2D eigenvalue weighted by molar-refractivity contribution is 6.06. The molecule has 6 nitrogen and oxygen atoms in total. The topological polar surface area (TPSA) is 90.9 Å². The minimum absolute atomic E-state index is 0.290. The van der Waals surface area contributed by atoms with Gasteiger partial charge in [0.2, 0.25) is 0 Å². The molecule has 3 rings (SSSR count). The van der Waals surface area contributed by atoms with Crippen molar-refractivity contribution < 1.29 is 4.39 Å². The fourth-order valence-electron chi connectivity index (χ4n) is 2.65. The number of hydrogen-bond acceptors (Lipinski definition) is 6. The van der Waals surface area contributed by atoms with E-state index in [4.69, 9.17) is 11.1 Å². The number of hydrogen-bond donors (Lipinski definition) is 3. The maximum absolute atomic E-state index is 13.3. The Labute approximate surface area is 146 Å². The Bertz CT molecular complexity index is 744. The molecule has 25 heavy (non-hydrogen) atoms. The van der Waals surface area contributed by atoms with Crippen LogP contribution >= 0.6 is 0 Å². The van der Waals surface area contributed by atoms with Crippen LogP contribution in [0.15, 0.2) is 54.6 Å². The van der Waals surface area contributed by atoms with Crippen LogP contribution in [0.2, 0.25) is 0 Å².